The number of thiocarbonyl (C=S) groups is 1. The smallest absolute Gasteiger partial charge is 0.248 e. The maximum Gasteiger partial charge on any atom is 0.248 e. The van der Waals surface area contributed by atoms with E-state index in [4.69, 9.17) is 12.2 Å². The van der Waals surface area contributed by atoms with Crippen LogP contribution in [0.15, 0.2) is 18.2 Å². The van der Waals surface area contributed by atoms with Crippen molar-refractivity contribution >= 4 is 46.6 Å². The highest BCUT2D eigenvalue weighted by molar-refractivity contribution is 8.00. The highest BCUT2D eigenvalue weighted by Gasteiger charge is 2.12. The number of benzene rings is 1. The molecule has 138 valence electrons. The van der Waals surface area contributed by atoms with Gasteiger partial charge in [-0.3, -0.25) is 20.4 Å². The Hall–Kier alpha value is -1.80. The van der Waals surface area contributed by atoms with E-state index in [0.717, 1.165) is 16.8 Å². The van der Waals surface area contributed by atoms with Gasteiger partial charge in [0.25, 0.3) is 0 Å². The van der Waals surface area contributed by atoms with E-state index in [0.29, 0.717) is 5.11 Å². The maximum absolute atomic E-state index is 11.9. The van der Waals surface area contributed by atoms with Gasteiger partial charge in [0.15, 0.2) is 5.11 Å². The van der Waals surface area contributed by atoms with Crippen molar-refractivity contribution in [3.63, 3.8) is 0 Å². The second-order valence-electron chi connectivity index (χ2n) is 6.74. The summed E-state index contributed by atoms with van der Waals surface area (Å²) < 4.78 is 0. The molecule has 0 radical (unpaired) electrons. The van der Waals surface area contributed by atoms with Gasteiger partial charge in [-0.05, 0) is 58.5 Å². The highest BCUT2D eigenvalue weighted by Crippen LogP contribution is 2.16. The Morgan fingerprint density at radius 1 is 1.08 bits per heavy atom. The molecule has 8 heteroatoms. The lowest BCUT2D eigenvalue weighted by Crippen LogP contribution is -2.52. The minimum absolute atomic E-state index is 0.136. The van der Waals surface area contributed by atoms with Crippen LogP contribution in [0.3, 0.4) is 0 Å². The molecule has 6 nitrogen and oxygen atoms in total. The van der Waals surface area contributed by atoms with Crippen molar-refractivity contribution in [2.75, 3.05) is 16.8 Å². The third-order valence-electron chi connectivity index (χ3n) is 2.93. The van der Waals surface area contributed by atoms with E-state index < -0.39 is 0 Å². The van der Waals surface area contributed by atoms with E-state index in [1.54, 1.807) is 0 Å². The number of hydrazine groups is 1. The molecule has 0 aliphatic rings. The van der Waals surface area contributed by atoms with Crippen LogP contribution >= 0.6 is 24.0 Å². The van der Waals surface area contributed by atoms with Gasteiger partial charge in [-0.25, -0.2) is 0 Å². The number of anilines is 1. The summed E-state index contributed by atoms with van der Waals surface area (Å²) in [6, 6.07) is 5.84. The molecular formula is C17H26N4O2S2. The molecule has 0 spiro atoms. The van der Waals surface area contributed by atoms with Gasteiger partial charge in [0.2, 0.25) is 11.8 Å². The molecule has 2 amide bonds. The molecule has 1 rings (SSSR count). The predicted molar refractivity (Wildman–Crippen MR) is 109 cm³/mol. The maximum atomic E-state index is 11.9. The Bertz CT molecular complexity index is 642. The first-order chi connectivity index (χ1) is 11.6. The summed E-state index contributed by atoms with van der Waals surface area (Å²) in [4.78, 5) is 23.7. The van der Waals surface area contributed by atoms with E-state index in [1.807, 2.05) is 52.8 Å². The minimum Gasteiger partial charge on any atom is -0.357 e. The third kappa shape index (κ3) is 9.31. The molecule has 0 bridgehead atoms. The summed E-state index contributed by atoms with van der Waals surface area (Å²) in [5, 5.41) is 6.22. The van der Waals surface area contributed by atoms with Crippen LogP contribution in [0, 0.1) is 13.8 Å². The van der Waals surface area contributed by atoms with Gasteiger partial charge in [-0.2, -0.15) is 0 Å². The monoisotopic (exact) mass is 382 g/mol. The highest BCUT2D eigenvalue weighted by atomic mass is 32.2. The van der Waals surface area contributed by atoms with Crippen molar-refractivity contribution in [2.45, 2.75) is 40.2 Å². The van der Waals surface area contributed by atoms with Crippen LogP contribution in [-0.2, 0) is 9.59 Å². The first kappa shape index (κ1) is 21.2. The summed E-state index contributed by atoms with van der Waals surface area (Å²) in [5.74, 6) is -0.0263. The zero-order valence-electron chi connectivity index (χ0n) is 15.3. The second-order valence-corrected chi connectivity index (χ2v) is 8.13. The summed E-state index contributed by atoms with van der Waals surface area (Å²) in [6.45, 7) is 9.85. The van der Waals surface area contributed by atoms with Gasteiger partial charge < -0.3 is 10.6 Å². The van der Waals surface area contributed by atoms with Crippen molar-refractivity contribution in [3.05, 3.63) is 29.3 Å². The van der Waals surface area contributed by atoms with E-state index in [-0.39, 0.29) is 28.9 Å². The number of thioether (sulfide) groups is 1. The normalized spacial score (nSPS) is 10.8. The number of nitrogens with one attached hydrogen (secondary N) is 4. The lowest BCUT2D eigenvalue weighted by atomic mass is 10.1. The Balaban J connectivity index is 2.26. The molecule has 0 saturated carbocycles. The van der Waals surface area contributed by atoms with Gasteiger partial charge in [0.05, 0.1) is 11.5 Å². The fourth-order valence-corrected chi connectivity index (χ4v) is 2.89. The molecule has 1 aromatic rings. The van der Waals surface area contributed by atoms with Crippen LogP contribution < -0.4 is 21.5 Å². The SMILES string of the molecule is Cc1ccc(NC(=O)CSCC(=O)NNC(=S)NC(C)(C)C)c(C)c1. The summed E-state index contributed by atoms with van der Waals surface area (Å²) >= 11 is 6.30. The Labute approximate surface area is 158 Å². The molecule has 0 aromatic heterocycles. The zero-order valence-corrected chi connectivity index (χ0v) is 16.9. The number of rotatable bonds is 5. The standard InChI is InChI=1S/C17H26N4O2S2/c1-11-6-7-13(12(2)8-11)18-14(22)9-25-10-15(23)20-21-16(24)19-17(3,4)5/h6-8H,9-10H2,1-5H3,(H,18,22)(H,20,23)(H2,19,21,24). The molecule has 0 saturated heterocycles. The number of hydrogen-bond donors (Lipinski definition) is 4. The van der Waals surface area contributed by atoms with Crippen molar-refractivity contribution in [1.29, 1.82) is 0 Å². The first-order valence-electron chi connectivity index (χ1n) is 7.88. The zero-order chi connectivity index (χ0) is 19.0. The van der Waals surface area contributed by atoms with Crippen LogP contribution in [0.1, 0.15) is 31.9 Å². The Kier molecular flexibility index (Phi) is 8.18. The van der Waals surface area contributed by atoms with E-state index in [9.17, 15) is 9.59 Å². The number of amides is 2. The molecule has 0 aliphatic heterocycles. The molecule has 4 N–H and O–H groups in total. The summed E-state index contributed by atoms with van der Waals surface area (Å²) in [7, 11) is 0. The van der Waals surface area contributed by atoms with E-state index in [2.05, 4.69) is 21.5 Å². The van der Waals surface area contributed by atoms with Gasteiger partial charge in [-0.1, -0.05) is 17.7 Å². The van der Waals surface area contributed by atoms with Crippen molar-refractivity contribution in [3.8, 4) is 0 Å². The topological polar surface area (TPSA) is 82.3 Å². The van der Waals surface area contributed by atoms with Gasteiger partial charge in [0, 0.05) is 11.2 Å². The lowest BCUT2D eigenvalue weighted by Gasteiger charge is -2.23. The van der Waals surface area contributed by atoms with Gasteiger partial charge >= 0.3 is 0 Å². The number of hydrogen-bond acceptors (Lipinski definition) is 4. The molecule has 25 heavy (non-hydrogen) atoms. The van der Waals surface area contributed by atoms with Crippen LogP contribution in [0.2, 0.25) is 0 Å². The number of carbonyl (C=O) groups is 2. The van der Waals surface area contributed by atoms with Crippen molar-refractivity contribution in [2.24, 2.45) is 0 Å². The quantitative estimate of drug-likeness (QED) is 0.462. The van der Waals surface area contributed by atoms with Gasteiger partial charge in [-0.15, -0.1) is 11.8 Å². The fourth-order valence-electron chi connectivity index (χ4n) is 1.91. The molecule has 1 aromatic carbocycles. The minimum atomic E-state index is -0.248. The second kappa shape index (κ2) is 9.62. The van der Waals surface area contributed by atoms with Crippen molar-refractivity contribution < 1.29 is 9.59 Å². The van der Waals surface area contributed by atoms with E-state index >= 15 is 0 Å². The Morgan fingerprint density at radius 2 is 1.72 bits per heavy atom. The van der Waals surface area contributed by atoms with Crippen LogP contribution in [0.25, 0.3) is 0 Å². The number of aryl methyl sites for hydroxylation is 2. The van der Waals surface area contributed by atoms with Crippen LogP contribution in [0.5, 0.6) is 0 Å². The first-order valence-corrected chi connectivity index (χ1v) is 9.45. The molecule has 0 heterocycles. The van der Waals surface area contributed by atoms with Crippen molar-refractivity contribution in [1.82, 2.24) is 16.2 Å². The molecule has 0 unspecified atom stereocenters. The average molecular weight is 383 g/mol. The average Bonchev–Trinajstić information content (AvgIpc) is 2.46. The molecule has 0 aliphatic carbocycles. The van der Waals surface area contributed by atoms with Crippen LogP contribution in [-0.4, -0.2) is 34.0 Å². The lowest BCUT2D eigenvalue weighted by molar-refractivity contribution is -0.119. The van der Waals surface area contributed by atoms with Gasteiger partial charge in [0.1, 0.15) is 0 Å². The number of carbonyl (C=O) groups excluding carboxylic acids is 2. The van der Waals surface area contributed by atoms with Crippen LogP contribution in [0.4, 0.5) is 5.69 Å². The largest absolute Gasteiger partial charge is 0.357 e. The predicted octanol–water partition coefficient (Wildman–Crippen LogP) is 2.27. The van der Waals surface area contributed by atoms with E-state index in [1.165, 1.54) is 11.8 Å². The fraction of sp³-hybridized carbons (Fsp3) is 0.471. The molecule has 0 fully saturated rings. The summed E-state index contributed by atoms with van der Waals surface area (Å²) in [5.41, 5.74) is 7.90. The third-order valence-corrected chi connectivity index (χ3v) is 4.06. The molecule has 0 atom stereocenters. The Morgan fingerprint density at radius 3 is 2.32 bits per heavy atom. The molecular weight excluding hydrogens is 356 g/mol. The summed E-state index contributed by atoms with van der Waals surface area (Å²) in [6.07, 6.45) is 0.